The highest BCUT2D eigenvalue weighted by Crippen LogP contribution is 2.32. The van der Waals surface area contributed by atoms with Gasteiger partial charge in [0.25, 0.3) is 5.56 Å². The third kappa shape index (κ3) is 4.57. The quantitative estimate of drug-likeness (QED) is 0.478. The van der Waals surface area contributed by atoms with E-state index in [1.165, 1.54) is 17.8 Å². The maximum atomic E-state index is 12.1. The first-order valence-corrected chi connectivity index (χ1v) is 8.76. The van der Waals surface area contributed by atoms with E-state index in [0.717, 1.165) is 29.9 Å². The number of halogens is 2. The molecule has 112 valence electrons. The van der Waals surface area contributed by atoms with Crippen LogP contribution >= 0.6 is 46.3 Å². The highest BCUT2D eigenvalue weighted by Gasteiger charge is 2.15. The van der Waals surface area contributed by atoms with Gasteiger partial charge in [0.05, 0.1) is 10.1 Å². The molecular formula is C13H12Cl2N2O2S2. The van der Waals surface area contributed by atoms with Crippen LogP contribution in [-0.2, 0) is 6.42 Å². The number of Topliss-reactive ketones (excluding diaryl/α,β-unsaturated/α-hetero) is 1. The van der Waals surface area contributed by atoms with Crippen LogP contribution in [0.5, 0.6) is 0 Å². The second-order valence-electron chi connectivity index (χ2n) is 4.24. The van der Waals surface area contributed by atoms with Crippen molar-refractivity contribution in [2.75, 3.05) is 5.75 Å². The molecule has 0 spiro atoms. The fourth-order valence-corrected chi connectivity index (χ4v) is 3.95. The van der Waals surface area contributed by atoms with Gasteiger partial charge in [-0.05, 0) is 12.5 Å². The zero-order valence-corrected chi connectivity index (χ0v) is 14.3. The third-order valence-electron chi connectivity index (χ3n) is 2.58. The predicted octanol–water partition coefficient (Wildman–Crippen LogP) is 4.07. The van der Waals surface area contributed by atoms with Crippen molar-refractivity contribution < 1.29 is 4.79 Å². The van der Waals surface area contributed by atoms with Gasteiger partial charge in [0.15, 0.2) is 10.9 Å². The highest BCUT2D eigenvalue weighted by molar-refractivity contribution is 7.99. The molecule has 0 fully saturated rings. The molecular weight excluding hydrogens is 351 g/mol. The number of hydrogen-bond acceptors (Lipinski definition) is 5. The van der Waals surface area contributed by atoms with Gasteiger partial charge in [-0.15, -0.1) is 11.3 Å². The van der Waals surface area contributed by atoms with E-state index in [1.807, 2.05) is 6.92 Å². The molecule has 2 rings (SSSR count). The molecule has 2 heterocycles. The fraction of sp³-hybridized carbons (Fsp3) is 0.308. The van der Waals surface area contributed by atoms with Gasteiger partial charge < -0.3 is 4.98 Å². The standard InChI is InChI=1S/C13H12Cl2N2O2S2/c1-2-3-7-4-11(19)17-13(16-7)20-6-9(18)8-5-10(14)21-12(8)15/h4-5H,2-3,6H2,1H3,(H,16,17,19). The molecule has 21 heavy (non-hydrogen) atoms. The molecule has 0 unspecified atom stereocenters. The Balaban J connectivity index is 2.07. The molecule has 0 radical (unpaired) electrons. The van der Waals surface area contributed by atoms with Crippen molar-refractivity contribution in [2.45, 2.75) is 24.9 Å². The van der Waals surface area contributed by atoms with Crippen molar-refractivity contribution in [3.63, 3.8) is 0 Å². The Bertz CT molecular complexity index is 712. The van der Waals surface area contributed by atoms with Gasteiger partial charge >= 0.3 is 0 Å². The zero-order valence-electron chi connectivity index (χ0n) is 11.1. The van der Waals surface area contributed by atoms with Crippen LogP contribution in [-0.4, -0.2) is 21.5 Å². The average Bonchev–Trinajstić information content (AvgIpc) is 2.75. The summed E-state index contributed by atoms with van der Waals surface area (Å²) in [5, 5.41) is 0.441. The molecule has 0 saturated heterocycles. The van der Waals surface area contributed by atoms with Crippen molar-refractivity contribution in [2.24, 2.45) is 0 Å². The van der Waals surface area contributed by atoms with E-state index < -0.39 is 0 Å². The first-order chi connectivity index (χ1) is 9.99. The number of aromatic nitrogens is 2. The van der Waals surface area contributed by atoms with Crippen molar-refractivity contribution in [1.29, 1.82) is 0 Å². The lowest BCUT2D eigenvalue weighted by atomic mass is 10.2. The maximum absolute atomic E-state index is 12.1. The summed E-state index contributed by atoms with van der Waals surface area (Å²) < 4.78 is 0.858. The van der Waals surface area contributed by atoms with E-state index in [4.69, 9.17) is 23.2 Å². The number of carbonyl (C=O) groups excluding carboxylic acids is 1. The molecule has 0 aliphatic heterocycles. The number of rotatable bonds is 6. The Kier molecular flexibility index (Phi) is 5.87. The van der Waals surface area contributed by atoms with E-state index in [-0.39, 0.29) is 17.1 Å². The molecule has 1 N–H and O–H groups in total. The Morgan fingerprint density at radius 1 is 1.43 bits per heavy atom. The van der Waals surface area contributed by atoms with Crippen LogP contribution in [0.1, 0.15) is 29.4 Å². The highest BCUT2D eigenvalue weighted by atomic mass is 35.5. The lowest BCUT2D eigenvalue weighted by Crippen LogP contribution is -2.11. The summed E-state index contributed by atoms with van der Waals surface area (Å²) in [7, 11) is 0. The van der Waals surface area contributed by atoms with Gasteiger partial charge in [0.1, 0.15) is 4.34 Å². The number of carbonyl (C=O) groups is 1. The zero-order chi connectivity index (χ0) is 15.4. The molecule has 0 amide bonds. The van der Waals surface area contributed by atoms with Gasteiger partial charge in [-0.25, -0.2) is 4.98 Å². The van der Waals surface area contributed by atoms with Gasteiger partial charge in [-0.3, -0.25) is 9.59 Å². The van der Waals surface area contributed by atoms with Crippen molar-refractivity contribution in [3.05, 3.63) is 42.4 Å². The van der Waals surface area contributed by atoms with Gasteiger partial charge in [0, 0.05) is 17.3 Å². The lowest BCUT2D eigenvalue weighted by molar-refractivity contribution is 0.102. The molecule has 0 bridgehead atoms. The fourth-order valence-electron chi connectivity index (χ4n) is 1.68. The number of nitrogens with zero attached hydrogens (tertiary/aromatic N) is 1. The molecule has 0 atom stereocenters. The molecule has 2 aromatic rings. The Labute approximate surface area is 139 Å². The van der Waals surface area contributed by atoms with Crippen LogP contribution in [0.2, 0.25) is 8.67 Å². The first-order valence-electron chi connectivity index (χ1n) is 6.20. The van der Waals surface area contributed by atoms with Crippen LogP contribution < -0.4 is 5.56 Å². The number of ketones is 1. The van der Waals surface area contributed by atoms with Gasteiger partial charge in [0.2, 0.25) is 0 Å². The Hall–Kier alpha value is -0.820. The van der Waals surface area contributed by atoms with Crippen LogP contribution in [0.15, 0.2) is 22.1 Å². The first kappa shape index (κ1) is 16.5. The molecule has 4 nitrogen and oxygen atoms in total. The second kappa shape index (κ2) is 7.45. The minimum atomic E-state index is -0.208. The Morgan fingerprint density at radius 3 is 2.81 bits per heavy atom. The van der Waals surface area contributed by atoms with E-state index in [0.29, 0.717) is 19.4 Å². The van der Waals surface area contributed by atoms with Crippen molar-refractivity contribution in [1.82, 2.24) is 9.97 Å². The topological polar surface area (TPSA) is 62.8 Å². The monoisotopic (exact) mass is 362 g/mol. The smallest absolute Gasteiger partial charge is 0.251 e. The third-order valence-corrected chi connectivity index (χ3v) is 4.94. The van der Waals surface area contributed by atoms with Crippen molar-refractivity contribution >= 4 is 52.1 Å². The molecule has 2 aromatic heterocycles. The number of nitrogens with one attached hydrogen (secondary N) is 1. The van der Waals surface area contributed by atoms with E-state index in [9.17, 15) is 9.59 Å². The number of hydrogen-bond donors (Lipinski definition) is 1. The summed E-state index contributed by atoms with van der Waals surface area (Å²) in [6.07, 6.45) is 1.64. The molecule has 0 saturated carbocycles. The summed E-state index contributed by atoms with van der Waals surface area (Å²) in [6.45, 7) is 2.02. The molecule has 0 aliphatic rings. The number of aryl methyl sites for hydroxylation is 1. The summed E-state index contributed by atoms with van der Waals surface area (Å²) in [4.78, 5) is 30.5. The lowest BCUT2D eigenvalue weighted by Gasteiger charge is -2.02. The molecule has 8 heteroatoms. The maximum Gasteiger partial charge on any atom is 0.251 e. The SMILES string of the molecule is CCCc1cc(=O)[nH]c(SCC(=O)c2cc(Cl)sc2Cl)n1. The second-order valence-corrected chi connectivity index (χ2v) is 7.49. The van der Waals surface area contributed by atoms with Crippen molar-refractivity contribution in [3.8, 4) is 0 Å². The normalized spacial score (nSPS) is 10.8. The number of thiophene rings is 1. The largest absolute Gasteiger partial charge is 0.301 e. The Morgan fingerprint density at radius 2 is 2.19 bits per heavy atom. The summed E-state index contributed by atoms with van der Waals surface area (Å²) in [5.41, 5.74) is 0.930. The number of H-pyrrole nitrogens is 1. The molecule has 0 aromatic carbocycles. The van der Waals surface area contributed by atoms with Crippen LogP contribution in [0, 0.1) is 0 Å². The van der Waals surface area contributed by atoms with E-state index >= 15 is 0 Å². The van der Waals surface area contributed by atoms with Crippen LogP contribution in [0.3, 0.4) is 0 Å². The van der Waals surface area contributed by atoms with Gasteiger partial charge in [-0.2, -0.15) is 0 Å². The molecule has 0 aliphatic carbocycles. The average molecular weight is 363 g/mol. The van der Waals surface area contributed by atoms with Crippen LogP contribution in [0.4, 0.5) is 0 Å². The van der Waals surface area contributed by atoms with E-state index in [2.05, 4.69) is 9.97 Å². The number of aromatic amines is 1. The van der Waals surface area contributed by atoms with Crippen LogP contribution in [0.25, 0.3) is 0 Å². The minimum absolute atomic E-state index is 0.142. The summed E-state index contributed by atoms with van der Waals surface area (Å²) >= 11 is 14.1. The minimum Gasteiger partial charge on any atom is -0.301 e. The van der Waals surface area contributed by atoms with E-state index in [1.54, 1.807) is 6.07 Å². The van der Waals surface area contributed by atoms with Gasteiger partial charge in [-0.1, -0.05) is 48.3 Å². The number of thioether (sulfide) groups is 1. The predicted molar refractivity (Wildman–Crippen MR) is 88.2 cm³/mol. The summed E-state index contributed by atoms with van der Waals surface area (Å²) in [5.74, 6) is 0.00220. The summed E-state index contributed by atoms with van der Waals surface area (Å²) in [6, 6.07) is 3.03.